The fourth-order valence-electron chi connectivity index (χ4n) is 6.32. The first-order valence-corrected chi connectivity index (χ1v) is 15.0. The zero-order chi connectivity index (χ0) is 46.0. The van der Waals surface area contributed by atoms with Crippen LogP contribution in [-0.2, 0) is 12.8 Å². The fourth-order valence-corrected chi connectivity index (χ4v) is 6.32. The van der Waals surface area contributed by atoms with Crippen LogP contribution in [0.1, 0.15) is 45.6 Å². The number of para-hydroxylation sites is 2. The van der Waals surface area contributed by atoms with Gasteiger partial charge in [-0.05, 0) is 67.8 Å². The predicted octanol–water partition coefficient (Wildman–Crippen LogP) is 12.4. The van der Waals surface area contributed by atoms with Crippen LogP contribution in [0.4, 0.5) is 0 Å². The van der Waals surface area contributed by atoms with E-state index in [0.29, 0.717) is 16.6 Å². The molecule has 1 heteroatoms. The van der Waals surface area contributed by atoms with Crippen molar-refractivity contribution in [1.29, 1.82) is 0 Å². The zero-order valence-corrected chi connectivity index (χ0v) is 24.7. The lowest BCUT2D eigenvalue weighted by atomic mass is 9.86. The van der Waals surface area contributed by atoms with Crippen molar-refractivity contribution in [2.45, 2.75) is 12.8 Å². The summed E-state index contributed by atoms with van der Waals surface area (Å²) in [6.45, 7) is 0. The number of hydrogen-bond donors (Lipinski definition) is 0. The predicted molar refractivity (Wildman–Crippen MR) is 198 cm³/mol. The van der Waals surface area contributed by atoms with Crippen LogP contribution in [0.25, 0.3) is 65.7 Å². The van der Waals surface area contributed by atoms with Crippen LogP contribution in [-0.4, -0.2) is 0 Å². The van der Waals surface area contributed by atoms with Crippen molar-refractivity contribution in [3.63, 3.8) is 0 Å². The van der Waals surface area contributed by atoms with Crippen molar-refractivity contribution in [3.05, 3.63) is 192 Å². The van der Waals surface area contributed by atoms with Gasteiger partial charge in [0.25, 0.3) is 0 Å². The van der Waals surface area contributed by atoms with Gasteiger partial charge in [-0.25, -0.2) is 0 Å². The lowest BCUT2D eigenvalue weighted by Crippen LogP contribution is -1.98. The molecular formula is C46H32O. The van der Waals surface area contributed by atoms with E-state index in [0.717, 1.165) is 16.5 Å². The largest absolute Gasteiger partial charge is 0.455 e. The number of fused-ring (bicyclic) bond motifs is 5. The Morgan fingerprint density at radius 2 is 0.915 bits per heavy atom. The molecule has 1 nitrogen and oxygen atoms in total. The van der Waals surface area contributed by atoms with Crippen molar-refractivity contribution in [2.24, 2.45) is 0 Å². The Balaban J connectivity index is 1.37. The smallest absolute Gasteiger partial charge is 0.143 e. The van der Waals surface area contributed by atoms with Gasteiger partial charge in [0.15, 0.2) is 0 Å². The second-order valence-corrected chi connectivity index (χ2v) is 11.1. The van der Waals surface area contributed by atoms with Gasteiger partial charge in [-0.1, -0.05) is 169 Å². The Bertz CT molecular complexity index is 3420. The quantitative estimate of drug-likeness (QED) is 0.169. The molecule has 9 rings (SSSR count). The molecule has 0 fully saturated rings. The van der Waals surface area contributed by atoms with E-state index in [1.165, 1.54) is 0 Å². The Labute approximate surface area is 298 Å². The topological polar surface area (TPSA) is 13.1 Å². The Morgan fingerprint density at radius 1 is 0.404 bits per heavy atom. The molecule has 9 aromatic rings. The number of furan rings is 1. The minimum absolute atomic E-state index is 0.0721. The standard InChI is InChI=1S/C46H32O/c1-3-14-31(15-4-1)29-43-37-20-7-9-22-39(37)44(40-23-10-8-21-38(40)43)30-32-16-11-19-34(28-32)36-25-13-27-42-41-26-12-24-35(45(41)47-46(36)42)33-17-5-2-6-18-33/h1-28H,29-30H2/i1D,3D,4D,7D,8D,9D,10D,11D,14D,15D,16D,19D,20D,21D,22D,23D,28D. The molecule has 0 aliphatic rings. The molecule has 0 spiro atoms. The minimum Gasteiger partial charge on any atom is -0.455 e. The van der Waals surface area contributed by atoms with Gasteiger partial charge in [0.2, 0.25) is 0 Å². The molecule has 1 heterocycles. The number of benzene rings is 8. The lowest BCUT2D eigenvalue weighted by Gasteiger charge is -2.17. The summed E-state index contributed by atoms with van der Waals surface area (Å²) in [6.07, 6.45) is -1.19. The van der Waals surface area contributed by atoms with Crippen molar-refractivity contribution in [2.75, 3.05) is 0 Å². The summed E-state index contributed by atoms with van der Waals surface area (Å²) >= 11 is 0. The molecule has 0 amide bonds. The minimum atomic E-state index is -0.711. The molecule has 0 bridgehead atoms. The highest BCUT2D eigenvalue weighted by molar-refractivity contribution is 6.13. The summed E-state index contributed by atoms with van der Waals surface area (Å²) < 4.78 is 157. The van der Waals surface area contributed by atoms with Gasteiger partial charge in [-0.3, -0.25) is 0 Å². The third kappa shape index (κ3) is 4.80. The van der Waals surface area contributed by atoms with Crippen LogP contribution < -0.4 is 0 Å². The Hall–Kier alpha value is -5.92. The van der Waals surface area contributed by atoms with E-state index in [1.54, 1.807) is 12.1 Å². The Morgan fingerprint density at radius 3 is 1.51 bits per heavy atom. The van der Waals surface area contributed by atoms with Gasteiger partial charge in [-0.2, -0.15) is 0 Å². The molecule has 0 unspecified atom stereocenters. The van der Waals surface area contributed by atoms with Crippen LogP contribution in [0.15, 0.2) is 174 Å². The summed E-state index contributed by atoms with van der Waals surface area (Å²) in [6, 6.07) is 9.83. The second-order valence-electron chi connectivity index (χ2n) is 11.1. The van der Waals surface area contributed by atoms with Crippen molar-refractivity contribution in [3.8, 4) is 22.3 Å². The molecular weight excluding hydrogens is 569 g/mol. The molecule has 47 heavy (non-hydrogen) atoms. The van der Waals surface area contributed by atoms with E-state index in [-0.39, 0.29) is 54.9 Å². The maximum atomic E-state index is 9.69. The van der Waals surface area contributed by atoms with Gasteiger partial charge in [-0.15, -0.1) is 0 Å². The molecule has 0 saturated carbocycles. The summed E-state index contributed by atoms with van der Waals surface area (Å²) in [5, 5.41) is 0.401. The first kappa shape index (κ1) is 15.1. The number of rotatable bonds is 6. The molecule has 0 aliphatic carbocycles. The first-order valence-electron chi connectivity index (χ1n) is 23.5. The fraction of sp³-hybridized carbons (Fsp3) is 0.0435. The maximum Gasteiger partial charge on any atom is 0.143 e. The van der Waals surface area contributed by atoms with Gasteiger partial charge >= 0.3 is 0 Å². The van der Waals surface area contributed by atoms with E-state index >= 15 is 0 Å². The summed E-state index contributed by atoms with van der Waals surface area (Å²) in [5.41, 5.74) is 1.98. The average Bonchev–Trinajstić information content (AvgIpc) is 3.69. The van der Waals surface area contributed by atoms with E-state index in [9.17, 15) is 8.22 Å². The molecule has 222 valence electrons. The Kier molecular flexibility index (Phi) is 3.69. The lowest BCUT2D eigenvalue weighted by molar-refractivity contribution is 0.671. The molecule has 0 saturated heterocycles. The van der Waals surface area contributed by atoms with Crippen LogP contribution in [0.2, 0.25) is 0 Å². The summed E-state index contributed by atoms with van der Waals surface area (Å²) in [5.74, 6) is 0. The second kappa shape index (κ2) is 11.5. The molecule has 0 atom stereocenters. The summed E-state index contributed by atoms with van der Waals surface area (Å²) in [4.78, 5) is 0. The summed E-state index contributed by atoms with van der Waals surface area (Å²) in [7, 11) is 0. The van der Waals surface area contributed by atoms with Crippen LogP contribution in [0, 0.1) is 0 Å². The van der Waals surface area contributed by atoms with Crippen molar-refractivity contribution < 1.29 is 27.7 Å². The van der Waals surface area contributed by atoms with E-state index < -0.39 is 116 Å². The normalized spacial score (nSPS) is 16.6. The van der Waals surface area contributed by atoms with E-state index in [1.807, 2.05) is 54.6 Å². The SMILES string of the molecule is [2H]c1c([2H])c([2H])c(Cc2c3c([2H])c([2H])c([2H])c([2H])c3c(Cc3c([2H])c([2H])c([2H])c(-c4cccc5c4oc4c(-c6ccccc6)cccc45)c3[2H])c3c([2H])c([2H])c([2H])c([2H])c23)c([2H])c1[2H]. The van der Waals surface area contributed by atoms with Gasteiger partial charge in [0.1, 0.15) is 11.2 Å². The van der Waals surface area contributed by atoms with Gasteiger partial charge < -0.3 is 4.42 Å². The van der Waals surface area contributed by atoms with Gasteiger partial charge in [0, 0.05) is 21.9 Å². The average molecular weight is 618 g/mol. The van der Waals surface area contributed by atoms with Crippen LogP contribution in [0.5, 0.6) is 0 Å². The zero-order valence-electron chi connectivity index (χ0n) is 41.7. The van der Waals surface area contributed by atoms with Gasteiger partial charge in [0.05, 0.1) is 23.3 Å². The van der Waals surface area contributed by atoms with Crippen LogP contribution >= 0.6 is 0 Å². The maximum absolute atomic E-state index is 9.69. The van der Waals surface area contributed by atoms with Crippen LogP contribution in [0.3, 0.4) is 0 Å². The monoisotopic (exact) mass is 617 g/mol. The highest BCUT2D eigenvalue weighted by Gasteiger charge is 2.17. The molecule has 0 radical (unpaired) electrons. The number of hydrogen-bond acceptors (Lipinski definition) is 1. The molecule has 8 aromatic carbocycles. The first-order chi connectivity index (χ1) is 30.4. The third-order valence-corrected chi connectivity index (χ3v) is 8.40. The molecule has 0 aliphatic heterocycles. The molecule has 1 aromatic heterocycles. The van der Waals surface area contributed by atoms with E-state index in [4.69, 9.17) is 19.5 Å². The van der Waals surface area contributed by atoms with Crippen molar-refractivity contribution in [1.82, 2.24) is 0 Å². The third-order valence-electron chi connectivity index (χ3n) is 8.40. The van der Waals surface area contributed by atoms with E-state index in [2.05, 4.69) is 0 Å². The highest BCUT2D eigenvalue weighted by atomic mass is 16.3. The highest BCUT2D eigenvalue weighted by Crippen LogP contribution is 2.41. The molecule has 0 N–H and O–H groups in total. The van der Waals surface area contributed by atoms with Crippen molar-refractivity contribution >= 4 is 43.5 Å².